The normalized spacial score (nSPS) is 12.3. The maximum Gasteiger partial charge on any atom is 0.244 e. The highest BCUT2D eigenvalue weighted by molar-refractivity contribution is 7.92. The zero-order valence-electron chi connectivity index (χ0n) is 19.5. The van der Waals surface area contributed by atoms with Crippen molar-refractivity contribution in [2.24, 2.45) is 5.92 Å². The summed E-state index contributed by atoms with van der Waals surface area (Å²) >= 11 is 5.93. The van der Waals surface area contributed by atoms with Crippen molar-refractivity contribution in [1.82, 2.24) is 10.2 Å². The number of benzene rings is 2. The van der Waals surface area contributed by atoms with Crippen molar-refractivity contribution >= 4 is 39.1 Å². The predicted molar refractivity (Wildman–Crippen MR) is 133 cm³/mol. The summed E-state index contributed by atoms with van der Waals surface area (Å²) in [7, 11) is -3.75. The van der Waals surface area contributed by atoms with E-state index in [2.05, 4.69) is 5.32 Å². The molecule has 0 aliphatic rings. The van der Waals surface area contributed by atoms with Crippen molar-refractivity contribution < 1.29 is 18.0 Å². The van der Waals surface area contributed by atoms with Gasteiger partial charge >= 0.3 is 0 Å². The Labute approximate surface area is 201 Å². The number of nitrogens with one attached hydrogen (secondary N) is 1. The number of halogens is 1. The molecule has 2 aromatic rings. The molecular formula is C24H32ClN3O4S. The van der Waals surface area contributed by atoms with Gasteiger partial charge in [-0.1, -0.05) is 55.8 Å². The summed E-state index contributed by atoms with van der Waals surface area (Å²) in [6.07, 6.45) is 1.58. The third-order valence-corrected chi connectivity index (χ3v) is 6.52. The number of sulfonamides is 1. The summed E-state index contributed by atoms with van der Waals surface area (Å²) in [6, 6.07) is 15.1. The standard InChI is InChI=1S/C24H32ClN3O4S/c1-18(2)16-26-24(30)19(3)27(15-14-20-8-6-5-7-9-20)23(29)17-28(33(4,31)32)22-12-10-21(25)11-13-22/h5-13,18-19H,14-17H2,1-4H3,(H,26,30)/t19-/m0/s1. The van der Waals surface area contributed by atoms with Gasteiger partial charge < -0.3 is 10.2 Å². The van der Waals surface area contributed by atoms with Gasteiger partial charge in [-0.3, -0.25) is 13.9 Å². The maximum absolute atomic E-state index is 13.4. The van der Waals surface area contributed by atoms with Crippen LogP contribution in [0.1, 0.15) is 26.3 Å². The van der Waals surface area contributed by atoms with Crippen LogP contribution in [0.25, 0.3) is 0 Å². The van der Waals surface area contributed by atoms with E-state index in [9.17, 15) is 18.0 Å². The summed E-state index contributed by atoms with van der Waals surface area (Å²) in [4.78, 5) is 27.5. The van der Waals surface area contributed by atoms with Crippen LogP contribution in [0.15, 0.2) is 54.6 Å². The number of carbonyl (C=O) groups excluding carboxylic acids is 2. The van der Waals surface area contributed by atoms with Crippen LogP contribution in [0.4, 0.5) is 5.69 Å². The summed E-state index contributed by atoms with van der Waals surface area (Å²) in [6.45, 7) is 5.98. The average Bonchev–Trinajstić information content (AvgIpc) is 2.76. The molecule has 0 aliphatic heterocycles. The van der Waals surface area contributed by atoms with Crippen molar-refractivity contribution in [3.05, 3.63) is 65.2 Å². The lowest BCUT2D eigenvalue weighted by atomic mass is 10.1. The molecule has 2 rings (SSSR count). The summed E-state index contributed by atoms with van der Waals surface area (Å²) in [5.74, 6) is -0.471. The Kier molecular flexibility index (Phi) is 9.73. The summed E-state index contributed by atoms with van der Waals surface area (Å²) in [5.41, 5.74) is 1.35. The second kappa shape index (κ2) is 12.0. The number of anilines is 1. The lowest BCUT2D eigenvalue weighted by Crippen LogP contribution is -2.52. The molecule has 2 amide bonds. The number of hydrogen-bond donors (Lipinski definition) is 1. The Morgan fingerprint density at radius 2 is 1.61 bits per heavy atom. The third-order valence-electron chi connectivity index (χ3n) is 5.13. The Morgan fingerprint density at radius 1 is 1.00 bits per heavy atom. The van der Waals surface area contributed by atoms with Crippen LogP contribution in [-0.2, 0) is 26.0 Å². The van der Waals surface area contributed by atoms with Gasteiger partial charge in [0.2, 0.25) is 21.8 Å². The molecule has 0 saturated carbocycles. The minimum atomic E-state index is -3.75. The third kappa shape index (κ3) is 8.37. The van der Waals surface area contributed by atoms with E-state index >= 15 is 0 Å². The quantitative estimate of drug-likeness (QED) is 0.520. The smallest absolute Gasteiger partial charge is 0.244 e. The number of rotatable bonds is 11. The Hall–Kier alpha value is -2.58. The van der Waals surface area contributed by atoms with Gasteiger partial charge in [-0.25, -0.2) is 8.42 Å². The first-order valence-corrected chi connectivity index (χ1v) is 13.1. The molecule has 0 aliphatic carbocycles. The Bertz CT molecular complexity index is 1030. The maximum atomic E-state index is 13.4. The molecule has 0 aromatic heterocycles. The van der Waals surface area contributed by atoms with Crippen LogP contribution in [0.5, 0.6) is 0 Å². The first-order chi connectivity index (χ1) is 15.5. The number of hydrogen-bond acceptors (Lipinski definition) is 4. The molecule has 0 fully saturated rings. The van der Waals surface area contributed by atoms with Crippen LogP contribution >= 0.6 is 11.6 Å². The fraction of sp³-hybridized carbons (Fsp3) is 0.417. The Morgan fingerprint density at radius 3 is 2.15 bits per heavy atom. The molecule has 33 heavy (non-hydrogen) atoms. The van der Waals surface area contributed by atoms with Crippen LogP contribution < -0.4 is 9.62 Å². The van der Waals surface area contributed by atoms with Crippen molar-refractivity contribution in [2.75, 3.05) is 30.2 Å². The highest BCUT2D eigenvalue weighted by Gasteiger charge is 2.29. The molecule has 0 unspecified atom stereocenters. The molecule has 0 radical (unpaired) electrons. The lowest BCUT2D eigenvalue weighted by molar-refractivity contribution is -0.138. The molecule has 180 valence electrons. The largest absolute Gasteiger partial charge is 0.354 e. The molecule has 0 spiro atoms. The second-order valence-electron chi connectivity index (χ2n) is 8.38. The van der Waals surface area contributed by atoms with E-state index in [0.29, 0.717) is 23.7 Å². The topological polar surface area (TPSA) is 86.8 Å². The van der Waals surface area contributed by atoms with Gasteiger partial charge in [-0.05, 0) is 49.1 Å². The van der Waals surface area contributed by atoms with Gasteiger partial charge in [-0.15, -0.1) is 0 Å². The van der Waals surface area contributed by atoms with Crippen LogP contribution in [0, 0.1) is 5.92 Å². The molecule has 1 atom stereocenters. The molecule has 0 heterocycles. The van der Waals surface area contributed by atoms with Crippen LogP contribution in [-0.4, -0.2) is 57.1 Å². The molecule has 7 nitrogen and oxygen atoms in total. The van der Waals surface area contributed by atoms with Crippen molar-refractivity contribution in [3.8, 4) is 0 Å². The van der Waals surface area contributed by atoms with E-state index in [1.807, 2.05) is 44.2 Å². The molecule has 2 aromatic carbocycles. The number of amides is 2. The second-order valence-corrected chi connectivity index (χ2v) is 10.7. The van der Waals surface area contributed by atoms with E-state index in [4.69, 9.17) is 11.6 Å². The fourth-order valence-electron chi connectivity index (χ4n) is 3.24. The van der Waals surface area contributed by atoms with E-state index < -0.39 is 28.5 Å². The van der Waals surface area contributed by atoms with Gasteiger partial charge in [0.1, 0.15) is 12.6 Å². The molecule has 0 bridgehead atoms. The molecule has 0 saturated heterocycles. The van der Waals surface area contributed by atoms with Gasteiger partial charge in [0.05, 0.1) is 11.9 Å². The predicted octanol–water partition coefficient (Wildman–Crippen LogP) is 3.34. The summed E-state index contributed by atoms with van der Waals surface area (Å²) < 4.78 is 26.0. The summed E-state index contributed by atoms with van der Waals surface area (Å²) in [5, 5.41) is 3.31. The SMILES string of the molecule is CC(C)CNC(=O)[C@H](C)N(CCc1ccccc1)C(=O)CN(c1ccc(Cl)cc1)S(C)(=O)=O. The zero-order chi connectivity index (χ0) is 24.6. The molecular weight excluding hydrogens is 462 g/mol. The van der Waals surface area contributed by atoms with Gasteiger partial charge in [0.15, 0.2) is 0 Å². The molecule has 1 N–H and O–H groups in total. The lowest BCUT2D eigenvalue weighted by Gasteiger charge is -2.31. The zero-order valence-corrected chi connectivity index (χ0v) is 21.1. The van der Waals surface area contributed by atoms with E-state index in [0.717, 1.165) is 16.1 Å². The van der Waals surface area contributed by atoms with Crippen molar-refractivity contribution in [3.63, 3.8) is 0 Å². The first-order valence-electron chi connectivity index (χ1n) is 10.8. The van der Waals surface area contributed by atoms with E-state index in [1.165, 1.54) is 4.90 Å². The number of nitrogens with zero attached hydrogens (tertiary/aromatic N) is 2. The highest BCUT2D eigenvalue weighted by atomic mass is 35.5. The fourth-order valence-corrected chi connectivity index (χ4v) is 4.22. The number of carbonyl (C=O) groups is 2. The minimum Gasteiger partial charge on any atom is -0.354 e. The van der Waals surface area contributed by atoms with E-state index in [1.54, 1.807) is 31.2 Å². The Balaban J connectivity index is 2.27. The van der Waals surface area contributed by atoms with Gasteiger partial charge in [-0.2, -0.15) is 0 Å². The first kappa shape index (κ1) is 26.7. The van der Waals surface area contributed by atoms with Crippen LogP contribution in [0.3, 0.4) is 0 Å². The van der Waals surface area contributed by atoms with E-state index in [-0.39, 0.29) is 18.4 Å². The van der Waals surface area contributed by atoms with Gasteiger partial charge in [0.25, 0.3) is 0 Å². The average molecular weight is 494 g/mol. The highest BCUT2D eigenvalue weighted by Crippen LogP contribution is 2.21. The van der Waals surface area contributed by atoms with Crippen LogP contribution in [0.2, 0.25) is 5.02 Å². The minimum absolute atomic E-state index is 0.264. The van der Waals surface area contributed by atoms with Crippen molar-refractivity contribution in [1.29, 1.82) is 0 Å². The van der Waals surface area contributed by atoms with Gasteiger partial charge in [0, 0.05) is 18.1 Å². The van der Waals surface area contributed by atoms with Crippen molar-refractivity contribution in [2.45, 2.75) is 33.2 Å². The monoisotopic (exact) mass is 493 g/mol. The molecule has 9 heteroatoms.